The van der Waals surface area contributed by atoms with E-state index in [1.165, 1.54) is 51.4 Å². The molecule has 0 fully saturated rings. The van der Waals surface area contributed by atoms with Gasteiger partial charge in [-0.05, 0) is 24.7 Å². The Morgan fingerprint density at radius 1 is 0.958 bits per heavy atom. The number of aromatic nitrogens is 3. The first kappa shape index (κ1) is 21.1. The Kier molecular flexibility index (Phi) is 10.2. The van der Waals surface area contributed by atoms with E-state index < -0.39 is 0 Å². The summed E-state index contributed by atoms with van der Waals surface area (Å²) >= 11 is 0. The van der Waals surface area contributed by atoms with Gasteiger partial charge in [-0.25, -0.2) is 4.98 Å². The Hall–Kier alpha value is -0.900. The van der Waals surface area contributed by atoms with Crippen molar-refractivity contribution in [2.45, 2.75) is 104 Å². The van der Waals surface area contributed by atoms with Crippen LogP contribution in [0.5, 0.6) is 0 Å². The van der Waals surface area contributed by atoms with Crippen LogP contribution in [0.25, 0.3) is 0 Å². The zero-order chi connectivity index (χ0) is 17.8. The maximum atomic E-state index is 7.00. The highest BCUT2D eigenvalue weighted by Crippen LogP contribution is 2.31. The lowest BCUT2D eigenvalue weighted by Gasteiger charge is -2.36. The van der Waals surface area contributed by atoms with E-state index in [9.17, 15) is 0 Å². The third kappa shape index (κ3) is 7.78. The minimum atomic E-state index is -0.170. The van der Waals surface area contributed by atoms with Crippen molar-refractivity contribution in [3.8, 4) is 0 Å². The molecule has 0 aliphatic rings. The van der Waals surface area contributed by atoms with Gasteiger partial charge in [0.2, 0.25) is 0 Å². The number of hydrogen-bond acceptors (Lipinski definition) is 3. The van der Waals surface area contributed by atoms with Gasteiger partial charge in [0.15, 0.2) is 0 Å². The van der Waals surface area contributed by atoms with E-state index >= 15 is 0 Å². The summed E-state index contributed by atoms with van der Waals surface area (Å²) in [5.41, 5.74) is 6.83. The SMILES string of the molecule is CCCCC(CC)CC(N)(CC(CC)CCCC)Cn1cncn1. The zero-order valence-electron chi connectivity index (χ0n) is 16.5. The van der Waals surface area contributed by atoms with Gasteiger partial charge >= 0.3 is 0 Å². The first-order chi connectivity index (χ1) is 11.6. The van der Waals surface area contributed by atoms with Gasteiger partial charge < -0.3 is 5.73 Å². The van der Waals surface area contributed by atoms with E-state index in [-0.39, 0.29) is 5.54 Å². The lowest BCUT2D eigenvalue weighted by atomic mass is 9.77. The Morgan fingerprint density at radius 3 is 1.88 bits per heavy atom. The third-order valence-corrected chi connectivity index (χ3v) is 5.42. The first-order valence-corrected chi connectivity index (χ1v) is 10.2. The van der Waals surface area contributed by atoms with Crippen molar-refractivity contribution >= 4 is 0 Å². The fraction of sp³-hybridized carbons (Fsp3) is 0.900. The molecule has 2 unspecified atom stereocenters. The minimum Gasteiger partial charge on any atom is -0.324 e. The van der Waals surface area contributed by atoms with Crippen LogP contribution in [0.2, 0.25) is 0 Å². The molecule has 4 nitrogen and oxygen atoms in total. The first-order valence-electron chi connectivity index (χ1n) is 10.2. The van der Waals surface area contributed by atoms with Crippen LogP contribution in [0.4, 0.5) is 0 Å². The second kappa shape index (κ2) is 11.6. The van der Waals surface area contributed by atoms with Crippen LogP contribution in [-0.2, 0) is 6.54 Å². The minimum absolute atomic E-state index is 0.170. The molecule has 0 saturated carbocycles. The van der Waals surface area contributed by atoms with Crippen molar-refractivity contribution in [2.75, 3.05) is 0 Å². The molecule has 0 amide bonds. The molecule has 1 heterocycles. The van der Waals surface area contributed by atoms with E-state index in [0.29, 0.717) is 0 Å². The fourth-order valence-corrected chi connectivity index (χ4v) is 3.89. The smallest absolute Gasteiger partial charge is 0.137 e. The van der Waals surface area contributed by atoms with Crippen molar-refractivity contribution in [3.05, 3.63) is 12.7 Å². The lowest BCUT2D eigenvalue weighted by molar-refractivity contribution is 0.201. The summed E-state index contributed by atoms with van der Waals surface area (Å²) in [4.78, 5) is 4.10. The van der Waals surface area contributed by atoms with Gasteiger partial charge in [-0.15, -0.1) is 0 Å². The van der Waals surface area contributed by atoms with Crippen LogP contribution in [0.1, 0.15) is 91.9 Å². The molecule has 0 aliphatic heterocycles. The fourth-order valence-electron chi connectivity index (χ4n) is 3.89. The molecule has 4 heteroatoms. The Bertz CT molecular complexity index is 384. The zero-order valence-corrected chi connectivity index (χ0v) is 16.5. The van der Waals surface area contributed by atoms with Crippen LogP contribution < -0.4 is 5.73 Å². The molecular weight excluding hydrogens is 296 g/mol. The van der Waals surface area contributed by atoms with E-state index in [1.807, 2.05) is 11.0 Å². The van der Waals surface area contributed by atoms with Gasteiger partial charge in [-0.2, -0.15) is 5.10 Å². The number of unbranched alkanes of at least 4 members (excludes halogenated alkanes) is 2. The molecule has 0 spiro atoms. The van der Waals surface area contributed by atoms with Gasteiger partial charge in [0.05, 0.1) is 6.54 Å². The second-order valence-corrected chi connectivity index (χ2v) is 7.70. The summed E-state index contributed by atoms with van der Waals surface area (Å²) in [6, 6.07) is 0. The molecule has 0 radical (unpaired) electrons. The average Bonchev–Trinajstić information content (AvgIpc) is 3.07. The third-order valence-electron chi connectivity index (χ3n) is 5.42. The number of rotatable bonds is 14. The lowest BCUT2D eigenvalue weighted by Crippen LogP contribution is -2.47. The van der Waals surface area contributed by atoms with Crippen LogP contribution in [0.15, 0.2) is 12.7 Å². The summed E-state index contributed by atoms with van der Waals surface area (Å²) in [5, 5.41) is 4.32. The van der Waals surface area contributed by atoms with Gasteiger partial charge in [-0.1, -0.05) is 79.1 Å². The van der Waals surface area contributed by atoms with E-state index in [2.05, 4.69) is 37.8 Å². The second-order valence-electron chi connectivity index (χ2n) is 7.70. The highest BCUT2D eigenvalue weighted by atomic mass is 15.3. The highest BCUT2D eigenvalue weighted by Gasteiger charge is 2.31. The predicted octanol–water partition coefficient (Wildman–Crippen LogP) is 5.19. The van der Waals surface area contributed by atoms with Crippen molar-refractivity contribution in [2.24, 2.45) is 17.6 Å². The monoisotopic (exact) mass is 336 g/mol. The molecule has 2 N–H and O–H groups in total. The van der Waals surface area contributed by atoms with E-state index in [0.717, 1.165) is 31.2 Å². The summed E-state index contributed by atoms with van der Waals surface area (Å²) in [6.45, 7) is 9.96. The Morgan fingerprint density at radius 2 is 1.50 bits per heavy atom. The Labute approximate surface area is 149 Å². The van der Waals surface area contributed by atoms with Gasteiger partial charge in [-0.3, -0.25) is 4.68 Å². The van der Waals surface area contributed by atoms with E-state index in [1.54, 1.807) is 6.33 Å². The standard InChI is InChI=1S/C20H40N4/c1-5-9-11-18(7-3)13-20(21,15-24-17-22-16-23-24)14-19(8-4)12-10-6-2/h16-19H,5-15,21H2,1-4H3. The molecule has 2 atom stereocenters. The van der Waals surface area contributed by atoms with Crippen LogP contribution in [0, 0.1) is 11.8 Å². The molecule has 1 rings (SSSR count). The molecule has 0 bridgehead atoms. The molecule has 140 valence electrons. The molecule has 1 aromatic heterocycles. The summed E-state index contributed by atoms with van der Waals surface area (Å²) in [5.74, 6) is 1.45. The number of hydrogen-bond donors (Lipinski definition) is 1. The molecular formula is C20H40N4. The molecule has 0 aromatic carbocycles. The Balaban J connectivity index is 2.79. The predicted molar refractivity (Wildman–Crippen MR) is 103 cm³/mol. The topological polar surface area (TPSA) is 56.7 Å². The maximum Gasteiger partial charge on any atom is 0.137 e. The molecule has 1 aromatic rings. The van der Waals surface area contributed by atoms with Gasteiger partial charge in [0.1, 0.15) is 12.7 Å². The summed E-state index contributed by atoms with van der Waals surface area (Å²) in [6.07, 6.45) is 15.8. The van der Waals surface area contributed by atoms with Gasteiger partial charge in [0.25, 0.3) is 0 Å². The quantitative estimate of drug-likeness (QED) is 0.508. The van der Waals surface area contributed by atoms with Crippen LogP contribution in [-0.4, -0.2) is 20.3 Å². The normalized spacial score (nSPS) is 16.7. The van der Waals surface area contributed by atoms with Crippen molar-refractivity contribution in [1.82, 2.24) is 14.8 Å². The maximum absolute atomic E-state index is 7.00. The van der Waals surface area contributed by atoms with Crippen molar-refractivity contribution < 1.29 is 0 Å². The average molecular weight is 337 g/mol. The number of nitrogens with two attached hydrogens (primary N) is 1. The van der Waals surface area contributed by atoms with Gasteiger partial charge in [0, 0.05) is 5.54 Å². The van der Waals surface area contributed by atoms with Crippen LogP contribution >= 0.6 is 0 Å². The highest BCUT2D eigenvalue weighted by molar-refractivity contribution is 4.89. The van der Waals surface area contributed by atoms with Crippen molar-refractivity contribution in [3.63, 3.8) is 0 Å². The number of nitrogens with zero attached hydrogens (tertiary/aromatic N) is 3. The largest absolute Gasteiger partial charge is 0.324 e. The van der Waals surface area contributed by atoms with E-state index in [4.69, 9.17) is 5.73 Å². The van der Waals surface area contributed by atoms with Crippen LogP contribution in [0.3, 0.4) is 0 Å². The molecule has 0 aliphatic carbocycles. The molecule has 0 saturated heterocycles. The van der Waals surface area contributed by atoms with Crippen molar-refractivity contribution in [1.29, 1.82) is 0 Å². The summed E-state index contributed by atoms with van der Waals surface area (Å²) in [7, 11) is 0. The summed E-state index contributed by atoms with van der Waals surface area (Å²) < 4.78 is 1.93. The molecule has 24 heavy (non-hydrogen) atoms.